The van der Waals surface area contributed by atoms with Crippen LogP contribution >= 0.6 is 0 Å². The van der Waals surface area contributed by atoms with Crippen molar-refractivity contribution in [3.05, 3.63) is 66.2 Å². The Morgan fingerprint density at radius 2 is 1.68 bits per heavy atom. The highest BCUT2D eigenvalue weighted by Crippen LogP contribution is 2.25. The van der Waals surface area contributed by atoms with Crippen LogP contribution in [0, 0.1) is 12.0 Å². The van der Waals surface area contributed by atoms with Crippen LogP contribution in [0.15, 0.2) is 59.5 Å². The number of piperidine rings is 1. The van der Waals surface area contributed by atoms with Gasteiger partial charge in [0.2, 0.25) is 10.0 Å². The zero-order valence-electron chi connectivity index (χ0n) is 12.5. The van der Waals surface area contributed by atoms with Crippen molar-refractivity contribution in [2.24, 2.45) is 5.92 Å². The van der Waals surface area contributed by atoms with Crippen molar-refractivity contribution < 1.29 is 8.42 Å². The van der Waals surface area contributed by atoms with Gasteiger partial charge in [0.1, 0.15) is 0 Å². The minimum atomic E-state index is -3.38. The number of rotatable bonds is 4. The third kappa shape index (κ3) is 3.39. The molecule has 1 aliphatic heterocycles. The quantitative estimate of drug-likeness (QED) is 0.869. The topological polar surface area (TPSA) is 37.4 Å². The number of hydrogen-bond donors (Lipinski definition) is 0. The smallest absolute Gasteiger partial charge is 0.207 e. The summed E-state index contributed by atoms with van der Waals surface area (Å²) in [6, 6.07) is 20.0. The second-order valence-electron chi connectivity index (χ2n) is 5.76. The van der Waals surface area contributed by atoms with Crippen LogP contribution in [-0.4, -0.2) is 25.8 Å². The monoisotopic (exact) mass is 314 g/mol. The lowest BCUT2D eigenvalue weighted by atomic mass is 9.91. The molecular formula is C18H20NO2S. The summed E-state index contributed by atoms with van der Waals surface area (Å²) < 4.78 is 26.7. The van der Waals surface area contributed by atoms with Gasteiger partial charge in [0.15, 0.2) is 0 Å². The standard InChI is InChI=1S/C18H20NO2S/c20-22(21,18-9-5-2-6-10-18)19-13-11-17(12-14-19)15-16-7-3-1-4-8-16/h1-9,17H,11-15H2. The summed E-state index contributed by atoms with van der Waals surface area (Å²) in [5.41, 5.74) is 1.33. The first-order valence-electron chi connectivity index (χ1n) is 7.67. The van der Waals surface area contributed by atoms with Gasteiger partial charge in [-0.15, -0.1) is 0 Å². The van der Waals surface area contributed by atoms with Crippen molar-refractivity contribution in [3.8, 4) is 0 Å². The zero-order valence-corrected chi connectivity index (χ0v) is 13.3. The Labute approximate surface area is 132 Å². The Bertz CT molecular complexity index is 690. The molecule has 0 aliphatic carbocycles. The first kappa shape index (κ1) is 15.3. The van der Waals surface area contributed by atoms with Gasteiger partial charge in [-0.05, 0) is 36.8 Å². The predicted octanol–water partition coefficient (Wildman–Crippen LogP) is 3.13. The molecule has 2 aromatic rings. The van der Waals surface area contributed by atoms with Crippen LogP contribution in [0.2, 0.25) is 0 Å². The van der Waals surface area contributed by atoms with E-state index in [1.807, 2.05) is 6.07 Å². The van der Waals surface area contributed by atoms with Gasteiger partial charge in [0, 0.05) is 19.2 Å². The molecule has 4 heteroatoms. The van der Waals surface area contributed by atoms with Crippen LogP contribution in [0.3, 0.4) is 0 Å². The molecule has 0 spiro atoms. The number of hydrogen-bond acceptors (Lipinski definition) is 2. The van der Waals surface area contributed by atoms with E-state index in [0.717, 1.165) is 19.3 Å². The molecule has 1 radical (unpaired) electrons. The SMILES string of the molecule is O=S(=O)(c1[c]cccc1)N1CCC(Cc2ccccc2)CC1. The fourth-order valence-corrected chi connectivity index (χ4v) is 4.41. The lowest BCUT2D eigenvalue weighted by Crippen LogP contribution is -2.38. The highest BCUT2D eigenvalue weighted by Gasteiger charge is 2.29. The van der Waals surface area contributed by atoms with Crippen LogP contribution in [0.5, 0.6) is 0 Å². The molecule has 3 nitrogen and oxygen atoms in total. The Hall–Kier alpha value is -1.65. The molecule has 1 fully saturated rings. The van der Waals surface area contributed by atoms with Crippen LogP contribution in [-0.2, 0) is 16.4 Å². The molecule has 115 valence electrons. The number of nitrogens with zero attached hydrogens (tertiary/aromatic N) is 1. The average molecular weight is 314 g/mol. The van der Waals surface area contributed by atoms with Gasteiger partial charge in [-0.3, -0.25) is 0 Å². The van der Waals surface area contributed by atoms with Gasteiger partial charge in [-0.25, -0.2) is 8.42 Å². The Morgan fingerprint density at radius 1 is 1.00 bits per heavy atom. The van der Waals surface area contributed by atoms with Crippen molar-refractivity contribution >= 4 is 10.0 Å². The van der Waals surface area contributed by atoms with Crippen molar-refractivity contribution in [1.29, 1.82) is 0 Å². The van der Waals surface area contributed by atoms with Crippen molar-refractivity contribution in [3.63, 3.8) is 0 Å². The highest BCUT2D eigenvalue weighted by molar-refractivity contribution is 7.89. The summed E-state index contributed by atoms with van der Waals surface area (Å²) in [6.07, 6.45) is 2.87. The van der Waals surface area contributed by atoms with E-state index in [1.165, 1.54) is 5.56 Å². The summed E-state index contributed by atoms with van der Waals surface area (Å²) in [4.78, 5) is 0.275. The Balaban J connectivity index is 1.62. The molecule has 0 atom stereocenters. The number of sulfonamides is 1. The predicted molar refractivity (Wildman–Crippen MR) is 86.9 cm³/mol. The fraction of sp³-hybridized carbons (Fsp3) is 0.333. The van der Waals surface area contributed by atoms with Gasteiger partial charge in [0.25, 0.3) is 0 Å². The third-order valence-electron chi connectivity index (χ3n) is 4.24. The van der Waals surface area contributed by atoms with E-state index in [4.69, 9.17) is 0 Å². The summed E-state index contributed by atoms with van der Waals surface area (Å²) >= 11 is 0. The second kappa shape index (κ2) is 6.63. The van der Waals surface area contributed by atoms with E-state index >= 15 is 0 Å². The normalized spacial score (nSPS) is 17.5. The summed E-state index contributed by atoms with van der Waals surface area (Å²) in [6.45, 7) is 1.20. The highest BCUT2D eigenvalue weighted by atomic mass is 32.2. The molecule has 3 rings (SSSR count). The lowest BCUT2D eigenvalue weighted by molar-refractivity contribution is 0.273. The molecular weight excluding hydrogens is 294 g/mol. The maximum Gasteiger partial charge on any atom is 0.243 e. The third-order valence-corrected chi connectivity index (χ3v) is 6.09. The zero-order chi connectivity index (χ0) is 15.4. The fourth-order valence-electron chi connectivity index (χ4n) is 2.98. The number of benzene rings is 2. The maximum atomic E-state index is 12.5. The summed E-state index contributed by atoms with van der Waals surface area (Å²) in [5, 5.41) is 0. The van der Waals surface area contributed by atoms with Gasteiger partial charge in [-0.2, -0.15) is 4.31 Å². The molecule has 1 saturated heterocycles. The molecule has 1 heterocycles. The van der Waals surface area contributed by atoms with Crippen molar-refractivity contribution in [2.45, 2.75) is 24.2 Å². The van der Waals surface area contributed by atoms with E-state index in [1.54, 1.807) is 28.6 Å². The first-order chi connectivity index (χ1) is 10.7. The van der Waals surface area contributed by atoms with Crippen LogP contribution < -0.4 is 0 Å². The summed E-state index contributed by atoms with van der Waals surface area (Å²) in [5.74, 6) is 0.564. The van der Waals surface area contributed by atoms with Crippen molar-refractivity contribution in [1.82, 2.24) is 4.31 Å². The molecule has 0 unspecified atom stereocenters. The van der Waals surface area contributed by atoms with E-state index in [-0.39, 0.29) is 4.90 Å². The molecule has 1 aliphatic rings. The second-order valence-corrected chi connectivity index (χ2v) is 7.67. The molecule has 0 aromatic heterocycles. The van der Waals surface area contributed by atoms with Gasteiger partial charge >= 0.3 is 0 Å². The largest absolute Gasteiger partial charge is 0.243 e. The van der Waals surface area contributed by atoms with Crippen molar-refractivity contribution in [2.75, 3.05) is 13.1 Å². The van der Waals surface area contributed by atoms with Gasteiger partial charge in [-0.1, -0.05) is 48.5 Å². The minimum Gasteiger partial charge on any atom is -0.207 e. The molecule has 22 heavy (non-hydrogen) atoms. The van der Waals surface area contributed by atoms with E-state index < -0.39 is 10.0 Å². The van der Waals surface area contributed by atoms with E-state index in [2.05, 4.69) is 30.3 Å². The first-order valence-corrected chi connectivity index (χ1v) is 9.11. The minimum absolute atomic E-state index is 0.275. The molecule has 2 aromatic carbocycles. The molecule has 0 N–H and O–H groups in total. The average Bonchev–Trinajstić information content (AvgIpc) is 2.57. The molecule has 0 amide bonds. The van der Waals surface area contributed by atoms with Gasteiger partial charge in [0.05, 0.1) is 4.90 Å². The Kier molecular flexibility index (Phi) is 4.60. The van der Waals surface area contributed by atoms with Crippen LogP contribution in [0.1, 0.15) is 18.4 Å². The maximum absolute atomic E-state index is 12.5. The summed E-state index contributed by atoms with van der Waals surface area (Å²) in [7, 11) is -3.38. The van der Waals surface area contributed by atoms with Crippen LogP contribution in [0.4, 0.5) is 0 Å². The molecule has 0 bridgehead atoms. The molecule has 0 saturated carbocycles. The van der Waals surface area contributed by atoms with Crippen LogP contribution in [0.25, 0.3) is 0 Å². The van der Waals surface area contributed by atoms with Gasteiger partial charge < -0.3 is 0 Å². The van der Waals surface area contributed by atoms with E-state index in [9.17, 15) is 8.42 Å². The van der Waals surface area contributed by atoms with E-state index in [0.29, 0.717) is 19.0 Å². The lowest BCUT2D eigenvalue weighted by Gasteiger charge is -2.31. The Morgan fingerprint density at radius 3 is 2.32 bits per heavy atom.